The lowest BCUT2D eigenvalue weighted by Gasteiger charge is -2.07. The van der Waals surface area contributed by atoms with Crippen molar-refractivity contribution in [3.63, 3.8) is 0 Å². The van der Waals surface area contributed by atoms with E-state index in [1.165, 1.54) is 11.8 Å². The zero-order valence-electron chi connectivity index (χ0n) is 10.3. The quantitative estimate of drug-likeness (QED) is 0.786. The molecule has 3 rings (SSSR count). The molecule has 0 aliphatic carbocycles. The highest BCUT2D eigenvalue weighted by atomic mass is 79.9. The molecule has 2 heterocycles. The zero-order chi connectivity index (χ0) is 14.1. The van der Waals surface area contributed by atoms with Gasteiger partial charge in [0.2, 0.25) is 5.16 Å². The van der Waals surface area contributed by atoms with E-state index in [-0.39, 0.29) is 12.4 Å². The van der Waals surface area contributed by atoms with Crippen LogP contribution in [-0.4, -0.2) is 14.6 Å². The molecule has 4 nitrogen and oxygen atoms in total. The van der Waals surface area contributed by atoms with Crippen LogP contribution < -0.4 is 5.73 Å². The maximum atomic E-state index is 14.3. The van der Waals surface area contributed by atoms with Crippen molar-refractivity contribution in [2.24, 2.45) is 5.73 Å². The first-order valence-electron chi connectivity index (χ1n) is 5.85. The number of aromatic nitrogens is 3. The van der Waals surface area contributed by atoms with Crippen molar-refractivity contribution in [3.8, 4) is 0 Å². The largest absolute Gasteiger partial charge is 0.326 e. The van der Waals surface area contributed by atoms with Crippen molar-refractivity contribution in [2.75, 3.05) is 0 Å². The number of halogens is 2. The third-order valence-corrected chi connectivity index (χ3v) is 4.68. The Balaban J connectivity index is 2.01. The van der Waals surface area contributed by atoms with Crippen LogP contribution in [0, 0.1) is 5.82 Å². The molecule has 2 N–H and O–H groups in total. The minimum Gasteiger partial charge on any atom is -0.326 e. The summed E-state index contributed by atoms with van der Waals surface area (Å²) in [4.78, 5) is 0.479. The lowest BCUT2D eigenvalue weighted by atomic mass is 10.2. The van der Waals surface area contributed by atoms with Crippen LogP contribution in [0.1, 0.15) is 5.56 Å². The number of pyridine rings is 1. The first-order valence-corrected chi connectivity index (χ1v) is 7.46. The van der Waals surface area contributed by atoms with Crippen LogP contribution in [0.5, 0.6) is 0 Å². The van der Waals surface area contributed by atoms with Crippen LogP contribution in [0.3, 0.4) is 0 Å². The maximum absolute atomic E-state index is 14.3. The van der Waals surface area contributed by atoms with E-state index in [0.29, 0.717) is 14.5 Å². The molecule has 0 amide bonds. The molecule has 0 aliphatic rings. The average molecular weight is 353 g/mol. The molecule has 0 bridgehead atoms. The topological polar surface area (TPSA) is 56.2 Å². The second-order valence-corrected chi connectivity index (χ2v) is 5.87. The summed E-state index contributed by atoms with van der Waals surface area (Å²) in [7, 11) is 0. The van der Waals surface area contributed by atoms with Gasteiger partial charge in [0, 0.05) is 12.7 Å². The molecule has 0 aliphatic heterocycles. The minimum absolute atomic E-state index is 0.288. The molecular weight excluding hydrogens is 343 g/mol. The Labute approximate surface area is 127 Å². The molecule has 1 aromatic carbocycles. The van der Waals surface area contributed by atoms with E-state index < -0.39 is 0 Å². The Morgan fingerprint density at radius 1 is 1.25 bits per heavy atom. The third kappa shape index (κ3) is 2.32. The first-order chi connectivity index (χ1) is 9.70. The summed E-state index contributed by atoms with van der Waals surface area (Å²) in [5.41, 5.74) is 7.01. The van der Waals surface area contributed by atoms with Crippen LogP contribution >= 0.6 is 27.7 Å². The molecule has 0 unspecified atom stereocenters. The Hall–Kier alpha value is -1.44. The van der Waals surface area contributed by atoms with Gasteiger partial charge in [-0.25, -0.2) is 4.39 Å². The summed E-state index contributed by atoms with van der Waals surface area (Å²) in [5.74, 6) is -0.328. The standard InChI is InChI=1S/C13H10BrFN4S/c14-11-8(7-16)4-5-9(12(11)15)20-13-18-17-10-3-1-2-6-19(10)13/h1-6H,7,16H2. The van der Waals surface area contributed by atoms with Gasteiger partial charge in [-0.1, -0.05) is 12.1 Å². The number of nitrogens with two attached hydrogens (primary N) is 1. The SMILES string of the molecule is NCc1ccc(Sc2nnc3ccccn23)c(F)c1Br. The second-order valence-electron chi connectivity index (χ2n) is 4.07. The van der Waals surface area contributed by atoms with Crippen LogP contribution in [0.15, 0.2) is 51.1 Å². The number of hydrogen-bond donors (Lipinski definition) is 1. The predicted molar refractivity (Wildman–Crippen MR) is 79.1 cm³/mol. The highest BCUT2D eigenvalue weighted by molar-refractivity contribution is 9.10. The fourth-order valence-corrected chi connectivity index (χ4v) is 3.29. The van der Waals surface area contributed by atoms with E-state index >= 15 is 0 Å². The van der Waals surface area contributed by atoms with Gasteiger partial charge in [0.15, 0.2) is 11.5 Å². The Morgan fingerprint density at radius 3 is 2.90 bits per heavy atom. The van der Waals surface area contributed by atoms with Crippen molar-refractivity contribution in [1.29, 1.82) is 0 Å². The van der Waals surface area contributed by atoms with Crippen molar-refractivity contribution in [1.82, 2.24) is 14.6 Å². The summed E-state index contributed by atoms with van der Waals surface area (Å²) in [6.07, 6.45) is 1.85. The van der Waals surface area contributed by atoms with Gasteiger partial charge in [-0.05, 0) is 51.5 Å². The number of fused-ring (bicyclic) bond motifs is 1. The molecule has 3 aromatic rings. The Bertz CT molecular complexity index is 774. The van der Waals surface area contributed by atoms with Gasteiger partial charge in [-0.3, -0.25) is 4.40 Å². The molecule has 0 atom stereocenters. The van der Waals surface area contributed by atoms with E-state index in [9.17, 15) is 4.39 Å². The lowest BCUT2D eigenvalue weighted by molar-refractivity contribution is 0.591. The molecule has 0 spiro atoms. The summed E-state index contributed by atoms with van der Waals surface area (Å²) >= 11 is 4.46. The second kappa shape index (κ2) is 5.51. The Kier molecular flexibility index (Phi) is 3.73. The monoisotopic (exact) mass is 352 g/mol. The zero-order valence-corrected chi connectivity index (χ0v) is 12.7. The molecule has 20 heavy (non-hydrogen) atoms. The van der Waals surface area contributed by atoms with Crippen molar-refractivity contribution >= 4 is 33.3 Å². The van der Waals surface area contributed by atoms with Gasteiger partial charge in [-0.2, -0.15) is 0 Å². The van der Waals surface area contributed by atoms with Gasteiger partial charge in [-0.15, -0.1) is 10.2 Å². The third-order valence-electron chi connectivity index (χ3n) is 2.83. The molecular formula is C13H10BrFN4S. The summed E-state index contributed by atoms with van der Waals surface area (Å²) in [6.45, 7) is 0.288. The highest BCUT2D eigenvalue weighted by Gasteiger charge is 2.14. The van der Waals surface area contributed by atoms with E-state index in [1.54, 1.807) is 12.1 Å². The van der Waals surface area contributed by atoms with E-state index in [4.69, 9.17) is 5.73 Å². The summed E-state index contributed by atoms with van der Waals surface area (Å²) < 4.78 is 16.5. The minimum atomic E-state index is -0.328. The maximum Gasteiger partial charge on any atom is 0.200 e. The van der Waals surface area contributed by atoms with Crippen LogP contribution in [0.4, 0.5) is 4.39 Å². The normalized spacial score (nSPS) is 11.2. The molecule has 7 heteroatoms. The number of benzene rings is 1. The summed E-state index contributed by atoms with van der Waals surface area (Å²) in [6, 6.07) is 9.12. The van der Waals surface area contributed by atoms with Crippen LogP contribution in [-0.2, 0) is 6.54 Å². The highest BCUT2D eigenvalue weighted by Crippen LogP contribution is 2.33. The molecule has 0 fully saturated rings. The number of nitrogens with zero attached hydrogens (tertiary/aromatic N) is 3. The van der Waals surface area contributed by atoms with Gasteiger partial charge >= 0.3 is 0 Å². The fraction of sp³-hybridized carbons (Fsp3) is 0.0769. The predicted octanol–water partition coefficient (Wildman–Crippen LogP) is 3.24. The van der Waals surface area contributed by atoms with Gasteiger partial charge in [0.25, 0.3) is 0 Å². The smallest absolute Gasteiger partial charge is 0.200 e. The van der Waals surface area contributed by atoms with Gasteiger partial charge in [0.1, 0.15) is 0 Å². The number of rotatable bonds is 3. The van der Waals surface area contributed by atoms with Crippen molar-refractivity contribution < 1.29 is 4.39 Å². The molecule has 0 saturated carbocycles. The fourth-order valence-electron chi connectivity index (χ4n) is 1.80. The van der Waals surface area contributed by atoms with Gasteiger partial charge < -0.3 is 5.73 Å². The van der Waals surface area contributed by atoms with E-state index in [1.807, 2.05) is 28.8 Å². The number of hydrogen-bond acceptors (Lipinski definition) is 4. The molecule has 0 radical (unpaired) electrons. The lowest BCUT2D eigenvalue weighted by Crippen LogP contribution is -1.99. The average Bonchev–Trinajstić information content (AvgIpc) is 2.88. The van der Waals surface area contributed by atoms with E-state index in [0.717, 1.165) is 11.2 Å². The first kappa shape index (κ1) is 13.5. The van der Waals surface area contributed by atoms with Crippen molar-refractivity contribution in [3.05, 3.63) is 52.4 Å². The van der Waals surface area contributed by atoms with Crippen LogP contribution in [0.25, 0.3) is 5.65 Å². The Morgan fingerprint density at radius 2 is 2.10 bits per heavy atom. The van der Waals surface area contributed by atoms with Gasteiger partial charge in [0.05, 0.1) is 9.37 Å². The summed E-state index contributed by atoms with van der Waals surface area (Å²) in [5, 5.41) is 8.73. The molecule has 0 saturated heterocycles. The van der Waals surface area contributed by atoms with Crippen molar-refractivity contribution in [2.45, 2.75) is 16.6 Å². The van der Waals surface area contributed by atoms with E-state index in [2.05, 4.69) is 26.1 Å². The molecule has 2 aromatic heterocycles. The molecule has 102 valence electrons. The van der Waals surface area contributed by atoms with Crippen LogP contribution in [0.2, 0.25) is 0 Å².